The summed E-state index contributed by atoms with van der Waals surface area (Å²) in [6.07, 6.45) is -0.647. The van der Waals surface area contributed by atoms with E-state index in [1.165, 1.54) is 0 Å². The smallest absolute Gasteiger partial charge is 0.407 e. The lowest BCUT2D eigenvalue weighted by Gasteiger charge is -2.31. The van der Waals surface area contributed by atoms with Gasteiger partial charge >= 0.3 is 12.1 Å². The molecule has 80 valence electrons. The van der Waals surface area contributed by atoms with E-state index in [0.29, 0.717) is 6.42 Å². The van der Waals surface area contributed by atoms with E-state index in [1.807, 2.05) is 0 Å². The van der Waals surface area contributed by atoms with Crippen LogP contribution in [0.2, 0.25) is 0 Å². The first-order chi connectivity index (χ1) is 6.49. The van der Waals surface area contributed by atoms with Crippen molar-refractivity contribution in [3.63, 3.8) is 0 Å². The molecule has 1 aliphatic heterocycles. The Hall–Kier alpha value is -1.30. The molecule has 0 saturated carbocycles. The van der Waals surface area contributed by atoms with Crippen LogP contribution in [-0.2, 0) is 9.53 Å². The predicted molar refractivity (Wildman–Crippen MR) is 47.7 cm³/mol. The molecule has 1 fully saturated rings. The Morgan fingerprint density at radius 1 is 1.86 bits per heavy atom. The van der Waals surface area contributed by atoms with Crippen molar-refractivity contribution in [2.24, 2.45) is 5.73 Å². The van der Waals surface area contributed by atoms with Crippen molar-refractivity contribution in [1.82, 2.24) is 5.32 Å². The third-order valence-corrected chi connectivity index (χ3v) is 2.10. The van der Waals surface area contributed by atoms with Crippen LogP contribution in [0.3, 0.4) is 0 Å². The van der Waals surface area contributed by atoms with E-state index in [2.05, 4.69) is 5.32 Å². The maximum atomic E-state index is 11.0. The van der Waals surface area contributed by atoms with Crippen LogP contribution in [0.4, 0.5) is 4.79 Å². The van der Waals surface area contributed by atoms with Crippen LogP contribution in [0.15, 0.2) is 0 Å². The minimum absolute atomic E-state index is 0.0989. The number of alkyl carbamates (subject to hydrolysis) is 1. The summed E-state index contributed by atoms with van der Waals surface area (Å²) in [4.78, 5) is 21.4. The Morgan fingerprint density at radius 2 is 2.50 bits per heavy atom. The molecular formula is C8H14N2O4. The molecule has 0 aliphatic carbocycles. The number of carboxylic acid groups (broad SMARTS) is 1. The number of carboxylic acids is 1. The number of hydrogen-bond donors (Lipinski definition) is 3. The van der Waals surface area contributed by atoms with Gasteiger partial charge in [-0.3, -0.25) is 4.79 Å². The number of aliphatic carboxylic acids is 1. The number of hydrogen-bond acceptors (Lipinski definition) is 4. The molecule has 0 unspecified atom stereocenters. The molecule has 1 aliphatic rings. The molecule has 0 aromatic carbocycles. The maximum absolute atomic E-state index is 11.0. The van der Waals surface area contributed by atoms with Crippen molar-refractivity contribution in [3.8, 4) is 0 Å². The molecule has 6 heteroatoms. The summed E-state index contributed by atoms with van der Waals surface area (Å²) >= 11 is 0. The topological polar surface area (TPSA) is 102 Å². The van der Waals surface area contributed by atoms with E-state index in [4.69, 9.17) is 15.6 Å². The molecule has 1 amide bonds. The van der Waals surface area contributed by atoms with E-state index in [1.54, 1.807) is 6.92 Å². The van der Waals surface area contributed by atoms with Gasteiger partial charge in [0.15, 0.2) is 0 Å². The molecule has 1 heterocycles. The minimum atomic E-state index is -0.944. The Kier molecular flexibility index (Phi) is 3.29. The number of rotatable bonds is 3. The zero-order valence-corrected chi connectivity index (χ0v) is 7.90. The summed E-state index contributed by atoms with van der Waals surface area (Å²) in [7, 11) is 0. The van der Waals surface area contributed by atoms with Crippen LogP contribution in [-0.4, -0.2) is 35.4 Å². The molecule has 14 heavy (non-hydrogen) atoms. The van der Waals surface area contributed by atoms with Gasteiger partial charge < -0.3 is 20.9 Å². The fourth-order valence-corrected chi connectivity index (χ4v) is 1.39. The van der Waals surface area contributed by atoms with Crippen LogP contribution in [0, 0.1) is 0 Å². The third-order valence-electron chi connectivity index (χ3n) is 2.10. The van der Waals surface area contributed by atoms with Gasteiger partial charge in [0.1, 0.15) is 6.10 Å². The SMILES string of the molecule is C[C@@H](N)[C@H]1C[C@H](CC(=O)O)NC(=O)O1. The Bertz CT molecular complexity index is 239. The molecule has 3 atom stereocenters. The zero-order valence-electron chi connectivity index (χ0n) is 7.90. The molecule has 1 rings (SSSR count). The Morgan fingerprint density at radius 3 is 3.00 bits per heavy atom. The van der Waals surface area contributed by atoms with Crippen molar-refractivity contribution < 1.29 is 19.4 Å². The molecule has 4 N–H and O–H groups in total. The number of nitrogens with one attached hydrogen (secondary N) is 1. The van der Waals surface area contributed by atoms with Gasteiger partial charge in [-0.15, -0.1) is 0 Å². The quantitative estimate of drug-likeness (QED) is 0.582. The van der Waals surface area contributed by atoms with E-state index in [0.717, 1.165) is 0 Å². The first kappa shape index (κ1) is 10.8. The molecule has 1 saturated heterocycles. The van der Waals surface area contributed by atoms with Crippen molar-refractivity contribution >= 4 is 12.1 Å². The van der Waals surface area contributed by atoms with Crippen LogP contribution in [0.1, 0.15) is 19.8 Å². The molecular weight excluding hydrogens is 188 g/mol. The summed E-state index contributed by atoms with van der Waals surface area (Å²) in [6, 6.07) is -0.665. The highest BCUT2D eigenvalue weighted by atomic mass is 16.6. The summed E-state index contributed by atoms with van der Waals surface area (Å²) in [5, 5.41) is 11.0. The second-order valence-corrected chi connectivity index (χ2v) is 3.48. The molecule has 0 aromatic heterocycles. The van der Waals surface area contributed by atoms with Crippen molar-refractivity contribution in [1.29, 1.82) is 0 Å². The van der Waals surface area contributed by atoms with Gasteiger partial charge in [-0.1, -0.05) is 0 Å². The minimum Gasteiger partial charge on any atom is -0.481 e. The van der Waals surface area contributed by atoms with E-state index in [-0.39, 0.29) is 18.5 Å². The van der Waals surface area contributed by atoms with Gasteiger partial charge in [-0.2, -0.15) is 0 Å². The second kappa shape index (κ2) is 4.28. The van der Waals surface area contributed by atoms with Crippen LogP contribution < -0.4 is 11.1 Å². The predicted octanol–water partition coefficient (Wildman–Crippen LogP) is -0.325. The third kappa shape index (κ3) is 2.88. The van der Waals surface area contributed by atoms with Crippen molar-refractivity contribution in [2.45, 2.75) is 38.0 Å². The van der Waals surface area contributed by atoms with Gasteiger partial charge in [0, 0.05) is 18.5 Å². The molecule has 0 radical (unpaired) electrons. The molecule has 0 spiro atoms. The number of carbonyl (C=O) groups excluding carboxylic acids is 1. The van der Waals surface area contributed by atoms with E-state index < -0.39 is 18.2 Å². The first-order valence-electron chi connectivity index (χ1n) is 4.43. The van der Waals surface area contributed by atoms with Crippen molar-refractivity contribution in [2.75, 3.05) is 0 Å². The normalized spacial score (nSPS) is 28.9. The highest BCUT2D eigenvalue weighted by Crippen LogP contribution is 2.14. The zero-order chi connectivity index (χ0) is 10.7. The number of nitrogens with two attached hydrogens (primary N) is 1. The average Bonchev–Trinajstić information content (AvgIpc) is 2.01. The summed E-state index contributed by atoms with van der Waals surface area (Å²) < 4.78 is 4.89. The largest absolute Gasteiger partial charge is 0.481 e. The van der Waals surface area contributed by atoms with Gasteiger partial charge in [0.05, 0.1) is 6.42 Å². The van der Waals surface area contributed by atoms with Gasteiger partial charge in [-0.05, 0) is 6.92 Å². The van der Waals surface area contributed by atoms with Crippen LogP contribution in [0.25, 0.3) is 0 Å². The maximum Gasteiger partial charge on any atom is 0.407 e. The van der Waals surface area contributed by atoms with Gasteiger partial charge in [0.25, 0.3) is 0 Å². The van der Waals surface area contributed by atoms with Gasteiger partial charge in [0.2, 0.25) is 0 Å². The fourth-order valence-electron chi connectivity index (χ4n) is 1.39. The number of cyclic esters (lactones) is 1. The van der Waals surface area contributed by atoms with Crippen LogP contribution >= 0.6 is 0 Å². The summed E-state index contributed by atoms with van der Waals surface area (Å²) in [5.41, 5.74) is 5.57. The highest BCUT2D eigenvalue weighted by molar-refractivity contribution is 5.72. The standard InChI is InChI=1S/C8H14N2O4/c1-4(9)6-2-5(3-7(11)12)10-8(13)14-6/h4-6H,2-3,9H2,1H3,(H,10,13)(H,11,12)/t4-,5-,6-/m1/s1. The molecule has 6 nitrogen and oxygen atoms in total. The Labute approximate surface area is 81.4 Å². The molecule has 0 aromatic rings. The lowest BCUT2D eigenvalue weighted by molar-refractivity contribution is -0.137. The first-order valence-corrected chi connectivity index (χ1v) is 4.43. The molecule has 0 bridgehead atoms. The lowest BCUT2D eigenvalue weighted by Crippen LogP contribution is -2.51. The Balaban J connectivity index is 2.53. The monoisotopic (exact) mass is 202 g/mol. The fraction of sp³-hybridized carbons (Fsp3) is 0.750. The van der Waals surface area contributed by atoms with E-state index >= 15 is 0 Å². The number of amides is 1. The van der Waals surface area contributed by atoms with Crippen molar-refractivity contribution in [3.05, 3.63) is 0 Å². The second-order valence-electron chi connectivity index (χ2n) is 3.48. The summed E-state index contributed by atoms with van der Waals surface area (Å²) in [6.45, 7) is 1.72. The number of ether oxygens (including phenoxy) is 1. The average molecular weight is 202 g/mol. The summed E-state index contributed by atoms with van der Waals surface area (Å²) in [5.74, 6) is -0.944. The van der Waals surface area contributed by atoms with Gasteiger partial charge in [-0.25, -0.2) is 4.79 Å². The lowest BCUT2D eigenvalue weighted by atomic mass is 10.0. The number of carbonyl (C=O) groups is 2. The van der Waals surface area contributed by atoms with E-state index in [9.17, 15) is 9.59 Å². The highest BCUT2D eigenvalue weighted by Gasteiger charge is 2.30. The van der Waals surface area contributed by atoms with Crippen LogP contribution in [0.5, 0.6) is 0 Å².